The van der Waals surface area contributed by atoms with E-state index in [1.165, 1.54) is 0 Å². The molecule has 3 rings (SSSR count). The highest BCUT2D eigenvalue weighted by Crippen LogP contribution is 2.30. The van der Waals surface area contributed by atoms with Gasteiger partial charge in [0.25, 0.3) is 0 Å². The summed E-state index contributed by atoms with van der Waals surface area (Å²) in [5.74, 6) is 1.33. The summed E-state index contributed by atoms with van der Waals surface area (Å²) >= 11 is 0. The van der Waals surface area contributed by atoms with Crippen molar-refractivity contribution in [3.8, 4) is 0 Å². The van der Waals surface area contributed by atoms with Gasteiger partial charge in [0.2, 0.25) is 11.9 Å². The zero-order valence-corrected chi connectivity index (χ0v) is 11.1. The number of nitrogens with zero attached hydrogens (tertiary/aromatic N) is 3. The number of fused-ring (bicyclic) bond motifs is 1. The lowest BCUT2D eigenvalue weighted by Crippen LogP contribution is -2.45. The second-order valence-electron chi connectivity index (χ2n) is 5.31. The average Bonchev–Trinajstić information content (AvgIpc) is 2.29. The van der Waals surface area contributed by atoms with Gasteiger partial charge in [0, 0.05) is 19.1 Å². The SMILES string of the molecule is Cc1nc(NC2CC(N)C2)nc2c1NC(=O)CN2C. The van der Waals surface area contributed by atoms with Crippen LogP contribution in [0.25, 0.3) is 0 Å². The number of nitrogens with two attached hydrogens (primary N) is 1. The number of aromatic nitrogens is 2. The second-order valence-corrected chi connectivity index (χ2v) is 5.31. The smallest absolute Gasteiger partial charge is 0.244 e. The molecular formula is C12H18N6O. The summed E-state index contributed by atoms with van der Waals surface area (Å²) in [6.45, 7) is 2.19. The Hall–Kier alpha value is -1.89. The molecule has 1 saturated carbocycles. The first-order valence-electron chi connectivity index (χ1n) is 6.44. The highest BCUT2D eigenvalue weighted by molar-refractivity contribution is 6.00. The Kier molecular flexibility index (Phi) is 2.78. The van der Waals surface area contributed by atoms with Crippen LogP contribution in [0.5, 0.6) is 0 Å². The van der Waals surface area contributed by atoms with E-state index in [-0.39, 0.29) is 11.9 Å². The van der Waals surface area contributed by atoms with Gasteiger partial charge in [0.1, 0.15) is 5.69 Å². The minimum atomic E-state index is -0.0348. The first kappa shape index (κ1) is 12.2. The van der Waals surface area contributed by atoms with Crippen molar-refractivity contribution in [3.05, 3.63) is 5.69 Å². The molecule has 1 aromatic rings. The molecule has 0 atom stereocenters. The first-order valence-corrected chi connectivity index (χ1v) is 6.44. The molecule has 0 aromatic carbocycles. The van der Waals surface area contributed by atoms with Crippen molar-refractivity contribution in [2.75, 3.05) is 29.1 Å². The lowest BCUT2D eigenvalue weighted by molar-refractivity contribution is -0.115. The van der Waals surface area contributed by atoms with E-state index in [2.05, 4.69) is 20.6 Å². The number of hydrogen-bond donors (Lipinski definition) is 3. The molecule has 1 aliphatic carbocycles. The van der Waals surface area contributed by atoms with E-state index >= 15 is 0 Å². The van der Waals surface area contributed by atoms with E-state index in [1.54, 1.807) is 0 Å². The van der Waals surface area contributed by atoms with Crippen LogP contribution in [0.1, 0.15) is 18.5 Å². The van der Waals surface area contributed by atoms with Gasteiger partial charge in [-0.3, -0.25) is 4.79 Å². The number of likely N-dealkylation sites (N-methyl/N-ethyl adjacent to an activating group) is 1. The molecular weight excluding hydrogens is 244 g/mol. The molecule has 0 saturated heterocycles. The number of rotatable bonds is 2. The average molecular weight is 262 g/mol. The van der Waals surface area contributed by atoms with Gasteiger partial charge in [-0.2, -0.15) is 4.98 Å². The van der Waals surface area contributed by atoms with Gasteiger partial charge in [-0.25, -0.2) is 4.98 Å². The molecule has 0 spiro atoms. The molecule has 0 bridgehead atoms. The van der Waals surface area contributed by atoms with Gasteiger partial charge < -0.3 is 21.3 Å². The Balaban J connectivity index is 1.86. The molecule has 1 fully saturated rings. The van der Waals surface area contributed by atoms with E-state index in [0.29, 0.717) is 24.2 Å². The third kappa shape index (κ3) is 2.21. The zero-order valence-electron chi connectivity index (χ0n) is 11.1. The number of amides is 1. The maximum atomic E-state index is 11.5. The van der Waals surface area contributed by atoms with Crippen LogP contribution in [0.2, 0.25) is 0 Å². The normalized spacial score (nSPS) is 25.4. The number of aryl methyl sites for hydroxylation is 1. The van der Waals surface area contributed by atoms with E-state index in [9.17, 15) is 4.79 Å². The summed E-state index contributed by atoms with van der Waals surface area (Å²) < 4.78 is 0. The molecule has 1 aromatic heterocycles. The van der Waals surface area contributed by atoms with Crippen molar-refractivity contribution in [3.63, 3.8) is 0 Å². The fourth-order valence-corrected chi connectivity index (χ4v) is 2.48. The maximum Gasteiger partial charge on any atom is 0.244 e. The number of hydrogen-bond acceptors (Lipinski definition) is 6. The molecule has 102 valence electrons. The molecule has 0 unspecified atom stereocenters. The van der Waals surface area contributed by atoms with Gasteiger partial charge in [0.05, 0.1) is 12.2 Å². The van der Waals surface area contributed by atoms with Crippen LogP contribution in [-0.2, 0) is 4.79 Å². The minimum absolute atomic E-state index is 0.0348. The Morgan fingerprint density at radius 2 is 2.16 bits per heavy atom. The molecule has 0 radical (unpaired) electrons. The van der Waals surface area contributed by atoms with Gasteiger partial charge in [-0.05, 0) is 19.8 Å². The summed E-state index contributed by atoms with van der Waals surface area (Å²) in [6, 6.07) is 0.647. The van der Waals surface area contributed by atoms with Gasteiger partial charge >= 0.3 is 0 Å². The fraction of sp³-hybridized carbons (Fsp3) is 0.583. The van der Waals surface area contributed by atoms with Crippen LogP contribution in [0, 0.1) is 6.92 Å². The van der Waals surface area contributed by atoms with Crippen LogP contribution >= 0.6 is 0 Å². The maximum absolute atomic E-state index is 11.5. The Bertz CT molecular complexity index is 525. The zero-order chi connectivity index (χ0) is 13.6. The third-order valence-electron chi connectivity index (χ3n) is 3.59. The summed E-state index contributed by atoms with van der Waals surface area (Å²) in [4.78, 5) is 22.2. The third-order valence-corrected chi connectivity index (χ3v) is 3.59. The number of nitrogens with one attached hydrogen (secondary N) is 2. The highest BCUT2D eigenvalue weighted by atomic mass is 16.2. The van der Waals surface area contributed by atoms with E-state index in [0.717, 1.165) is 24.4 Å². The van der Waals surface area contributed by atoms with E-state index in [1.807, 2.05) is 18.9 Å². The predicted octanol–water partition coefficient (Wildman–Crippen LogP) is 0.0749. The predicted molar refractivity (Wildman–Crippen MR) is 73.3 cm³/mol. The summed E-state index contributed by atoms with van der Waals surface area (Å²) in [7, 11) is 1.85. The molecule has 2 aliphatic rings. The topological polar surface area (TPSA) is 96.2 Å². The molecule has 7 nitrogen and oxygen atoms in total. The lowest BCUT2D eigenvalue weighted by Gasteiger charge is -2.34. The lowest BCUT2D eigenvalue weighted by atomic mass is 9.88. The van der Waals surface area contributed by atoms with Crippen molar-refractivity contribution in [2.45, 2.75) is 31.8 Å². The quantitative estimate of drug-likeness (QED) is 0.698. The molecule has 1 amide bonds. The van der Waals surface area contributed by atoms with Crippen LogP contribution in [0.15, 0.2) is 0 Å². The van der Waals surface area contributed by atoms with Crippen LogP contribution in [0.3, 0.4) is 0 Å². The molecule has 4 N–H and O–H groups in total. The van der Waals surface area contributed by atoms with Gasteiger partial charge in [-0.1, -0.05) is 0 Å². The fourth-order valence-electron chi connectivity index (χ4n) is 2.48. The van der Waals surface area contributed by atoms with Crippen molar-refractivity contribution in [1.82, 2.24) is 9.97 Å². The van der Waals surface area contributed by atoms with Crippen LogP contribution in [0.4, 0.5) is 17.5 Å². The van der Waals surface area contributed by atoms with Gasteiger partial charge in [-0.15, -0.1) is 0 Å². The standard InChI is InChI=1S/C12H18N6O/c1-6-10-11(18(2)5-9(19)16-10)17-12(14-6)15-8-3-7(13)4-8/h7-8H,3-5,13H2,1-2H3,(H,16,19)(H,14,15,17). The molecule has 19 heavy (non-hydrogen) atoms. The first-order chi connectivity index (χ1) is 9.02. The Morgan fingerprint density at radius 3 is 2.84 bits per heavy atom. The van der Waals surface area contributed by atoms with E-state index < -0.39 is 0 Å². The largest absolute Gasteiger partial charge is 0.351 e. The van der Waals surface area contributed by atoms with E-state index in [4.69, 9.17) is 5.73 Å². The second kappa shape index (κ2) is 4.34. The molecule has 2 heterocycles. The van der Waals surface area contributed by atoms with Crippen molar-refractivity contribution in [2.24, 2.45) is 5.73 Å². The van der Waals surface area contributed by atoms with Crippen molar-refractivity contribution in [1.29, 1.82) is 0 Å². The van der Waals surface area contributed by atoms with Crippen LogP contribution in [-0.4, -0.2) is 41.6 Å². The highest BCUT2D eigenvalue weighted by Gasteiger charge is 2.28. The summed E-state index contributed by atoms with van der Waals surface area (Å²) in [5, 5.41) is 6.11. The Morgan fingerprint density at radius 1 is 1.42 bits per heavy atom. The Labute approximate surface area is 111 Å². The monoisotopic (exact) mass is 262 g/mol. The van der Waals surface area contributed by atoms with Crippen LogP contribution < -0.4 is 21.3 Å². The minimum Gasteiger partial charge on any atom is -0.351 e. The van der Waals surface area contributed by atoms with Crippen molar-refractivity contribution >= 4 is 23.4 Å². The molecule has 7 heteroatoms. The molecule has 1 aliphatic heterocycles. The summed E-state index contributed by atoms with van der Waals surface area (Å²) in [6.07, 6.45) is 1.90. The number of anilines is 3. The number of carbonyl (C=O) groups excluding carboxylic acids is 1. The van der Waals surface area contributed by atoms with Gasteiger partial charge in [0.15, 0.2) is 5.82 Å². The van der Waals surface area contributed by atoms with Crippen molar-refractivity contribution < 1.29 is 4.79 Å². The summed E-state index contributed by atoms with van der Waals surface area (Å²) in [5.41, 5.74) is 7.24. The number of carbonyl (C=O) groups is 1.